The van der Waals surface area contributed by atoms with Crippen LogP contribution in [0.25, 0.3) is 0 Å². The molecule has 0 aliphatic heterocycles. The van der Waals surface area contributed by atoms with E-state index < -0.39 is 0 Å². The molecule has 0 N–H and O–H groups in total. The van der Waals surface area contributed by atoms with E-state index in [0.29, 0.717) is 0 Å². The predicted octanol–water partition coefficient (Wildman–Crippen LogP) is 3.09. The molecule has 0 aliphatic carbocycles. The number of nitrogens with zero attached hydrogens (tertiary/aromatic N) is 2. The van der Waals surface area contributed by atoms with Gasteiger partial charge in [0.2, 0.25) is 0 Å². The second kappa shape index (κ2) is 3.89. The van der Waals surface area contributed by atoms with Gasteiger partial charge in [-0.15, -0.1) is 0 Å². The van der Waals surface area contributed by atoms with Gasteiger partial charge in [0, 0.05) is 10.8 Å². The standard InChI is InChI=1S/C10H14N2S/c1-4-5-10(2,3)9-8(6-11)7-13-12-9/h7H,4-5H2,1-3H3. The van der Waals surface area contributed by atoms with Crippen molar-refractivity contribution in [1.82, 2.24) is 4.37 Å². The molecule has 0 aromatic carbocycles. The molecule has 0 atom stereocenters. The maximum atomic E-state index is 8.86. The third-order valence-electron chi connectivity index (χ3n) is 2.21. The Balaban J connectivity index is 3.00. The van der Waals surface area contributed by atoms with Crippen molar-refractivity contribution in [1.29, 1.82) is 5.26 Å². The molecule has 3 heteroatoms. The zero-order valence-corrected chi connectivity index (χ0v) is 9.11. The minimum Gasteiger partial charge on any atom is -0.196 e. The van der Waals surface area contributed by atoms with Gasteiger partial charge in [-0.05, 0) is 18.0 Å². The Morgan fingerprint density at radius 1 is 1.62 bits per heavy atom. The van der Waals surface area contributed by atoms with Crippen LogP contribution in [-0.2, 0) is 5.41 Å². The Bertz CT molecular complexity index is 320. The first-order valence-electron chi connectivity index (χ1n) is 4.46. The van der Waals surface area contributed by atoms with Crippen LogP contribution >= 0.6 is 11.5 Å². The molecule has 0 fully saturated rings. The molecule has 1 aromatic heterocycles. The van der Waals surface area contributed by atoms with Gasteiger partial charge in [-0.2, -0.15) is 9.64 Å². The molecule has 0 saturated heterocycles. The zero-order chi connectivity index (χ0) is 9.90. The Labute approximate surface area is 83.4 Å². The summed E-state index contributed by atoms with van der Waals surface area (Å²) in [5.74, 6) is 0. The summed E-state index contributed by atoms with van der Waals surface area (Å²) in [5.41, 5.74) is 1.74. The van der Waals surface area contributed by atoms with E-state index in [1.807, 2.05) is 5.38 Å². The van der Waals surface area contributed by atoms with Crippen molar-refractivity contribution in [3.8, 4) is 6.07 Å². The van der Waals surface area contributed by atoms with Gasteiger partial charge < -0.3 is 0 Å². The van der Waals surface area contributed by atoms with Crippen molar-refractivity contribution in [3.05, 3.63) is 16.6 Å². The molecule has 0 amide bonds. The molecule has 1 aromatic rings. The Morgan fingerprint density at radius 3 is 2.85 bits per heavy atom. The van der Waals surface area contributed by atoms with E-state index in [9.17, 15) is 0 Å². The summed E-state index contributed by atoms with van der Waals surface area (Å²) < 4.78 is 4.30. The molecule has 0 radical (unpaired) electrons. The van der Waals surface area contributed by atoms with Crippen LogP contribution in [0, 0.1) is 11.3 Å². The zero-order valence-electron chi connectivity index (χ0n) is 8.29. The highest BCUT2D eigenvalue weighted by molar-refractivity contribution is 7.03. The maximum absolute atomic E-state index is 8.86. The second-order valence-corrected chi connectivity index (χ2v) is 4.45. The fourth-order valence-corrected chi connectivity index (χ4v) is 2.32. The SMILES string of the molecule is CCCC(C)(C)c1nscc1C#N. The lowest BCUT2D eigenvalue weighted by Crippen LogP contribution is -2.18. The Morgan fingerprint density at radius 2 is 2.31 bits per heavy atom. The molecular formula is C10H14N2S. The highest BCUT2D eigenvalue weighted by Crippen LogP contribution is 2.30. The van der Waals surface area contributed by atoms with Gasteiger partial charge in [-0.25, -0.2) is 0 Å². The van der Waals surface area contributed by atoms with Crippen LogP contribution in [0.3, 0.4) is 0 Å². The molecule has 13 heavy (non-hydrogen) atoms. The summed E-state index contributed by atoms with van der Waals surface area (Å²) in [6.45, 7) is 6.44. The lowest BCUT2D eigenvalue weighted by atomic mass is 9.83. The van der Waals surface area contributed by atoms with Crippen molar-refractivity contribution in [2.24, 2.45) is 0 Å². The van der Waals surface area contributed by atoms with Crippen LogP contribution in [0.2, 0.25) is 0 Å². The van der Waals surface area contributed by atoms with Crippen LogP contribution in [0.1, 0.15) is 44.9 Å². The number of aromatic nitrogens is 1. The van der Waals surface area contributed by atoms with E-state index in [4.69, 9.17) is 5.26 Å². The van der Waals surface area contributed by atoms with Gasteiger partial charge >= 0.3 is 0 Å². The van der Waals surface area contributed by atoms with Gasteiger partial charge in [0.1, 0.15) is 6.07 Å². The number of nitriles is 1. The molecule has 1 heterocycles. The summed E-state index contributed by atoms with van der Waals surface area (Å²) in [6, 6.07) is 2.19. The average Bonchev–Trinajstić information content (AvgIpc) is 2.51. The largest absolute Gasteiger partial charge is 0.196 e. The van der Waals surface area contributed by atoms with Gasteiger partial charge in [-0.3, -0.25) is 0 Å². The summed E-state index contributed by atoms with van der Waals surface area (Å²) in [5, 5.41) is 10.7. The minimum atomic E-state index is 0.0415. The fraction of sp³-hybridized carbons (Fsp3) is 0.600. The molecule has 1 rings (SSSR count). The van der Waals surface area contributed by atoms with E-state index in [2.05, 4.69) is 31.2 Å². The van der Waals surface area contributed by atoms with E-state index in [0.717, 1.165) is 24.1 Å². The van der Waals surface area contributed by atoms with Crippen LogP contribution in [0.15, 0.2) is 5.38 Å². The van der Waals surface area contributed by atoms with Crippen LogP contribution in [-0.4, -0.2) is 4.37 Å². The number of hydrogen-bond donors (Lipinski definition) is 0. The third-order valence-corrected chi connectivity index (χ3v) is 2.84. The molecule has 0 unspecified atom stereocenters. The second-order valence-electron chi connectivity index (χ2n) is 3.82. The van der Waals surface area contributed by atoms with Crippen LogP contribution in [0.4, 0.5) is 0 Å². The summed E-state index contributed by atoms with van der Waals surface area (Å²) >= 11 is 1.37. The van der Waals surface area contributed by atoms with Crippen molar-refractivity contribution in [2.75, 3.05) is 0 Å². The summed E-state index contributed by atoms with van der Waals surface area (Å²) in [4.78, 5) is 0. The Kier molecular flexibility index (Phi) is 3.05. The smallest absolute Gasteiger partial charge is 0.102 e. The third kappa shape index (κ3) is 2.07. The summed E-state index contributed by atoms with van der Waals surface area (Å²) in [6.07, 6.45) is 2.20. The van der Waals surface area contributed by atoms with Gasteiger partial charge in [0.05, 0.1) is 11.3 Å². The first-order valence-corrected chi connectivity index (χ1v) is 5.30. The monoisotopic (exact) mass is 194 g/mol. The van der Waals surface area contributed by atoms with Gasteiger partial charge in [0.15, 0.2) is 0 Å². The molecule has 70 valence electrons. The normalized spacial score (nSPS) is 11.2. The lowest BCUT2D eigenvalue weighted by Gasteiger charge is -2.21. The van der Waals surface area contributed by atoms with E-state index in [-0.39, 0.29) is 5.41 Å². The van der Waals surface area contributed by atoms with Crippen LogP contribution < -0.4 is 0 Å². The van der Waals surface area contributed by atoms with Gasteiger partial charge in [0.25, 0.3) is 0 Å². The fourth-order valence-electron chi connectivity index (χ4n) is 1.55. The van der Waals surface area contributed by atoms with Crippen molar-refractivity contribution in [3.63, 3.8) is 0 Å². The molecule has 0 spiro atoms. The molecule has 0 aliphatic rings. The quantitative estimate of drug-likeness (QED) is 0.741. The highest BCUT2D eigenvalue weighted by atomic mass is 32.1. The molecular weight excluding hydrogens is 180 g/mol. The Hall–Kier alpha value is -0.880. The lowest BCUT2D eigenvalue weighted by molar-refractivity contribution is 0.462. The number of rotatable bonds is 3. The maximum Gasteiger partial charge on any atom is 0.102 e. The van der Waals surface area contributed by atoms with Crippen molar-refractivity contribution < 1.29 is 0 Å². The average molecular weight is 194 g/mol. The van der Waals surface area contributed by atoms with Crippen molar-refractivity contribution in [2.45, 2.75) is 39.0 Å². The van der Waals surface area contributed by atoms with Crippen LogP contribution in [0.5, 0.6) is 0 Å². The predicted molar refractivity (Wildman–Crippen MR) is 54.8 cm³/mol. The highest BCUT2D eigenvalue weighted by Gasteiger charge is 2.25. The first-order chi connectivity index (χ1) is 6.11. The summed E-state index contributed by atoms with van der Waals surface area (Å²) in [7, 11) is 0. The van der Waals surface area contributed by atoms with Gasteiger partial charge in [-0.1, -0.05) is 27.2 Å². The van der Waals surface area contributed by atoms with Crippen molar-refractivity contribution >= 4 is 11.5 Å². The molecule has 0 bridgehead atoms. The minimum absolute atomic E-state index is 0.0415. The molecule has 0 saturated carbocycles. The van der Waals surface area contributed by atoms with E-state index in [1.54, 1.807) is 0 Å². The van der Waals surface area contributed by atoms with E-state index in [1.165, 1.54) is 11.5 Å². The number of hydrogen-bond acceptors (Lipinski definition) is 3. The van der Waals surface area contributed by atoms with E-state index >= 15 is 0 Å². The first kappa shape index (κ1) is 10.2. The molecule has 2 nitrogen and oxygen atoms in total. The topological polar surface area (TPSA) is 36.7 Å².